The van der Waals surface area contributed by atoms with Crippen LogP contribution in [-0.4, -0.2) is 37.0 Å². The number of hydrogen-bond acceptors (Lipinski definition) is 3. The van der Waals surface area contributed by atoms with Crippen LogP contribution in [-0.2, 0) is 4.74 Å². The zero-order valence-electron chi connectivity index (χ0n) is 11.9. The molecule has 0 aliphatic rings. The number of amides is 2. The molecule has 1 atom stereocenters. The molecule has 5 nitrogen and oxygen atoms in total. The molecular formula is C14H21ClN2O3. The minimum Gasteiger partial charge on any atom is -0.394 e. The van der Waals surface area contributed by atoms with E-state index in [1.54, 1.807) is 31.4 Å². The van der Waals surface area contributed by atoms with Crippen LogP contribution in [0.3, 0.4) is 0 Å². The molecule has 6 heteroatoms. The molecule has 0 aromatic heterocycles. The number of urea groups is 1. The van der Waals surface area contributed by atoms with Gasteiger partial charge in [0.15, 0.2) is 0 Å². The first kappa shape index (κ1) is 16.8. The maximum Gasteiger partial charge on any atom is 0.315 e. The first-order chi connectivity index (χ1) is 9.38. The molecule has 1 unspecified atom stereocenters. The molecular weight excluding hydrogens is 280 g/mol. The van der Waals surface area contributed by atoms with E-state index in [0.717, 1.165) is 5.56 Å². The van der Waals surface area contributed by atoms with Crippen LogP contribution in [0.4, 0.5) is 4.79 Å². The minimum absolute atomic E-state index is 0.192. The predicted octanol–water partition coefficient (Wildman–Crippen LogP) is 2.10. The molecule has 0 aliphatic carbocycles. The van der Waals surface area contributed by atoms with Crippen LogP contribution in [0.1, 0.15) is 25.5 Å². The molecule has 0 spiro atoms. The third-order valence-electron chi connectivity index (χ3n) is 2.99. The second-order valence-corrected chi connectivity index (χ2v) is 5.51. The maximum absolute atomic E-state index is 11.8. The Bertz CT molecular complexity index is 435. The number of nitrogens with one attached hydrogen (secondary N) is 2. The van der Waals surface area contributed by atoms with Crippen LogP contribution in [0.25, 0.3) is 0 Å². The van der Waals surface area contributed by atoms with Gasteiger partial charge in [0.05, 0.1) is 18.2 Å². The van der Waals surface area contributed by atoms with Gasteiger partial charge in [-0.15, -0.1) is 0 Å². The average molecular weight is 301 g/mol. The fraction of sp³-hybridized carbons (Fsp3) is 0.500. The van der Waals surface area contributed by atoms with Gasteiger partial charge in [-0.3, -0.25) is 0 Å². The van der Waals surface area contributed by atoms with E-state index in [9.17, 15) is 9.90 Å². The van der Waals surface area contributed by atoms with Gasteiger partial charge >= 0.3 is 6.03 Å². The summed E-state index contributed by atoms with van der Waals surface area (Å²) in [5, 5.41) is 15.4. The monoisotopic (exact) mass is 300 g/mol. The number of aliphatic hydroxyl groups is 1. The molecule has 0 fully saturated rings. The zero-order chi connectivity index (χ0) is 15.2. The van der Waals surface area contributed by atoms with Crippen LogP contribution < -0.4 is 10.6 Å². The lowest BCUT2D eigenvalue weighted by Crippen LogP contribution is -2.45. The van der Waals surface area contributed by atoms with Gasteiger partial charge in [-0.2, -0.15) is 0 Å². The number of carbonyl (C=O) groups excluding carboxylic acids is 1. The van der Waals surface area contributed by atoms with E-state index in [2.05, 4.69) is 10.6 Å². The fourth-order valence-electron chi connectivity index (χ4n) is 1.50. The smallest absolute Gasteiger partial charge is 0.315 e. The Hall–Kier alpha value is -1.30. The summed E-state index contributed by atoms with van der Waals surface area (Å²) in [6, 6.07) is 6.13. The number of rotatable bonds is 6. The Kier molecular flexibility index (Phi) is 6.26. The van der Waals surface area contributed by atoms with Gasteiger partial charge in [0.25, 0.3) is 0 Å². The number of ether oxygens (including phenoxy) is 1. The Morgan fingerprint density at radius 3 is 2.50 bits per heavy atom. The van der Waals surface area contributed by atoms with Gasteiger partial charge in [0.1, 0.15) is 0 Å². The largest absolute Gasteiger partial charge is 0.394 e. The summed E-state index contributed by atoms with van der Waals surface area (Å²) in [6.07, 6.45) is 0. The molecule has 0 saturated carbocycles. The van der Waals surface area contributed by atoms with Crippen molar-refractivity contribution in [3.05, 3.63) is 34.9 Å². The van der Waals surface area contributed by atoms with Crippen molar-refractivity contribution in [3.8, 4) is 0 Å². The first-order valence-corrected chi connectivity index (χ1v) is 6.71. The van der Waals surface area contributed by atoms with Crippen molar-refractivity contribution >= 4 is 17.6 Å². The highest BCUT2D eigenvalue weighted by Crippen LogP contribution is 2.16. The standard InChI is InChI=1S/C14H21ClN2O3/c1-14(2,20-3)9-16-13(19)17-12(8-18)10-4-6-11(15)7-5-10/h4-7,12,18H,8-9H2,1-3H3,(H2,16,17,19). The summed E-state index contributed by atoms with van der Waals surface area (Å²) in [5.74, 6) is 0. The predicted molar refractivity (Wildman–Crippen MR) is 78.9 cm³/mol. The van der Waals surface area contributed by atoms with Crippen molar-refractivity contribution < 1.29 is 14.6 Å². The third kappa shape index (κ3) is 5.36. The Morgan fingerprint density at radius 2 is 2.00 bits per heavy atom. The second kappa shape index (κ2) is 7.47. The molecule has 3 N–H and O–H groups in total. The SMILES string of the molecule is COC(C)(C)CNC(=O)NC(CO)c1ccc(Cl)cc1. The molecule has 1 aromatic rings. The molecule has 0 aliphatic heterocycles. The van der Waals surface area contributed by atoms with Gasteiger partial charge in [0, 0.05) is 18.7 Å². The summed E-state index contributed by atoms with van der Waals surface area (Å²) >= 11 is 5.81. The van der Waals surface area contributed by atoms with E-state index in [1.165, 1.54) is 0 Å². The Balaban J connectivity index is 2.56. The van der Waals surface area contributed by atoms with Crippen LogP contribution >= 0.6 is 11.6 Å². The number of carbonyl (C=O) groups is 1. The zero-order valence-corrected chi connectivity index (χ0v) is 12.7. The average Bonchev–Trinajstić information content (AvgIpc) is 2.44. The number of aliphatic hydroxyl groups excluding tert-OH is 1. The van der Waals surface area contributed by atoms with Crippen LogP contribution in [0.2, 0.25) is 5.02 Å². The number of halogens is 1. The van der Waals surface area contributed by atoms with Crippen molar-refractivity contribution in [2.24, 2.45) is 0 Å². The topological polar surface area (TPSA) is 70.6 Å². The van der Waals surface area contributed by atoms with Crippen molar-refractivity contribution in [2.75, 3.05) is 20.3 Å². The molecule has 0 radical (unpaired) electrons. The highest BCUT2D eigenvalue weighted by Gasteiger charge is 2.19. The fourth-order valence-corrected chi connectivity index (χ4v) is 1.63. The summed E-state index contributed by atoms with van der Waals surface area (Å²) in [6.45, 7) is 3.92. The van der Waals surface area contributed by atoms with Gasteiger partial charge in [0.2, 0.25) is 0 Å². The molecule has 0 bridgehead atoms. The Morgan fingerprint density at radius 1 is 1.40 bits per heavy atom. The van der Waals surface area contributed by atoms with Crippen LogP contribution in [0.15, 0.2) is 24.3 Å². The van der Waals surface area contributed by atoms with Crippen molar-refractivity contribution in [1.82, 2.24) is 10.6 Å². The normalized spacial score (nSPS) is 12.8. The molecule has 112 valence electrons. The van der Waals surface area contributed by atoms with Crippen LogP contribution in [0.5, 0.6) is 0 Å². The van der Waals surface area contributed by atoms with E-state index in [0.29, 0.717) is 11.6 Å². The van der Waals surface area contributed by atoms with Gasteiger partial charge in [-0.05, 0) is 31.5 Å². The van der Waals surface area contributed by atoms with Crippen molar-refractivity contribution in [1.29, 1.82) is 0 Å². The lowest BCUT2D eigenvalue weighted by molar-refractivity contribution is 0.0252. The maximum atomic E-state index is 11.8. The van der Waals surface area contributed by atoms with E-state index in [1.807, 2.05) is 13.8 Å². The molecule has 0 saturated heterocycles. The van der Waals surface area contributed by atoms with E-state index in [-0.39, 0.29) is 12.6 Å². The third-order valence-corrected chi connectivity index (χ3v) is 3.24. The molecule has 20 heavy (non-hydrogen) atoms. The van der Waals surface area contributed by atoms with E-state index in [4.69, 9.17) is 16.3 Å². The van der Waals surface area contributed by atoms with Crippen molar-refractivity contribution in [3.63, 3.8) is 0 Å². The lowest BCUT2D eigenvalue weighted by atomic mass is 10.1. The second-order valence-electron chi connectivity index (χ2n) is 5.08. The van der Waals surface area contributed by atoms with Gasteiger partial charge < -0.3 is 20.5 Å². The summed E-state index contributed by atoms with van der Waals surface area (Å²) in [4.78, 5) is 11.8. The molecule has 1 aromatic carbocycles. The highest BCUT2D eigenvalue weighted by atomic mass is 35.5. The number of benzene rings is 1. The van der Waals surface area contributed by atoms with Crippen LogP contribution in [0, 0.1) is 0 Å². The van der Waals surface area contributed by atoms with Gasteiger partial charge in [-0.1, -0.05) is 23.7 Å². The molecule has 1 rings (SSSR count). The first-order valence-electron chi connectivity index (χ1n) is 6.34. The number of methoxy groups -OCH3 is 1. The van der Waals surface area contributed by atoms with Gasteiger partial charge in [-0.25, -0.2) is 4.79 Å². The van der Waals surface area contributed by atoms with Crippen molar-refractivity contribution in [2.45, 2.75) is 25.5 Å². The number of hydrogen-bond donors (Lipinski definition) is 3. The lowest BCUT2D eigenvalue weighted by Gasteiger charge is -2.24. The Labute approximate surface area is 124 Å². The minimum atomic E-state index is -0.474. The molecule has 0 heterocycles. The summed E-state index contributed by atoms with van der Waals surface area (Å²) in [5.41, 5.74) is 0.352. The summed E-state index contributed by atoms with van der Waals surface area (Å²) < 4.78 is 5.21. The highest BCUT2D eigenvalue weighted by molar-refractivity contribution is 6.30. The van der Waals surface area contributed by atoms with E-state index < -0.39 is 11.6 Å². The van der Waals surface area contributed by atoms with E-state index >= 15 is 0 Å². The quantitative estimate of drug-likeness (QED) is 0.753. The molecule has 2 amide bonds. The summed E-state index contributed by atoms with van der Waals surface area (Å²) in [7, 11) is 1.59.